The van der Waals surface area contributed by atoms with E-state index in [4.69, 9.17) is 11.6 Å². The van der Waals surface area contributed by atoms with Gasteiger partial charge in [0, 0.05) is 24.7 Å². The SMILES string of the molecule is C[C@@H](NC(=O)NCc1ccc(S(=O)(=O)N2CCCCC2)cc1)c1cccc(Cl)c1. The van der Waals surface area contributed by atoms with Crippen molar-refractivity contribution in [1.29, 1.82) is 0 Å². The molecule has 2 aromatic carbocycles. The Labute approximate surface area is 177 Å². The molecule has 0 spiro atoms. The van der Waals surface area contributed by atoms with Gasteiger partial charge in [-0.3, -0.25) is 0 Å². The van der Waals surface area contributed by atoms with Gasteiger partial charge in [-0.15, -0.1) is 0 Å². The zero-order chi connectivity index (χ0) is 20.9. The number of amides is 2. The normalized spacial score (nSPS) is 16.2. The van der Waals surface area contributed by atoms with Crippen molar-refractivity contribution in [3.05, 3.63) is 64.7 Å². The number of halogens is 1. The summed E-state index contributed by atoms with van der Waals surface area (Å²) >= 11 is 5.99. The van der Waals surface area contributed by atoms with Crippen LogP contribution >= 0.6 is 11.6 Å². The molecule has 3 rings (SSSR count). The molecule has 29 heavy (non-hydrogen) atoms. The Bertz CT molecular complexity index is 942. The predicted molar refractivity (Wildman–Crippen MR) is 114 cm³/mol. The van der Waals surface area contributed by atoms with Crippen molar-refractivity contribution in [3.8, 4) is 0 Å². The monoisotopic (exact) mass is 435 g/mol. The first-order chi connectivity index (χ1) is 13.9. The lowest BCUT2D eigenvalue weighted by Crippen LogP contribution is -2.36. The molecule has 0 aliphatic carbocycles. The number of benzene rings is 2. The van der Waals surface area contributed by atoms with Crippen molar-refractivity contribution in [2.75, 3.05) is 13.1 Å². The van der Waals surface area contributed by atoms with Crippen LogP contribution in [-0.2, 0) is 16.6 Å². The number of piperidine rings is 1. The van der Waals surface area contributed by atoms with E-state index in [-0.39, 0.29) is 12.1 Å². The van der Waals surface area contributed by atoms with Crippen LogP contribution in [0.25, 0.3) is 0 Å². The van der Waals surface area contributed by atoms with E-state index in [1.165, 1.54) is 0 Å². The number of urea groups is 1. The molecule has 0 radical (unpaired) electrons. The molecule has 156 valence electrons. The lowest BCUT2D eigenvalue weighted by Gasteiger charge is -2.25. The van der Waals surface area contributed by atoms with Gasteiger partial charge in [-0.25, -0.2) is 13.2 Å². The van der Waals surface area contributed by atoms with Crippen molar-refractivity contribution in [3.63, 3.8) is 0 Å². The number of carbonyl (C=O) groups is 1. The van der Waals surface area contributed by atoms with Gasteiger partial charge in [0.15, 0.2) is 0 Å². The van der Waals surface area contributed by atoms with Crippen LogP contribution in [0.15, 0.2) is 53.4 Å². The summed E-state index contributed by atoms with van der Waals surface area (Å²) in [4.78, 5) is 12.5. The minimum Gasteiger partial charge on any atom is -0.334 e. The summed E-state index contributed by atoms with van der Waals surface area (Å²) in [5.41, 5.74) is 1.74. The Balaban J connectivity index is 1.54. The van der Waals surface area contributed by atoms with Gasteiger partial charge in [-0.1, -0.05) is 42.3 Å². The second kappa shape index (κ2) is 9.61. The van der Waals surface area contributed by atoms with Crippen LogP contribution in [0.5, 0.6) is 0 Å². The van der Waals surface area contributed by atoms with Crippen LogP contribution < -0.4 is 10.6 Å². The van der Waals surface area contributed by atoms with E-state index in [1.54, 1.807) is 34.6 Å². The average Bonchev–Trinajstić information content (AvgIpc) is 2.73. The third-order valence-electron chi connectivity index (χ3n) is 5.03. The van der Waals surface area contributed by atoms with Gasteiger partial charge >= 0.3 is 6.03 Å². The van der Waals surface area contributed by atoms with Crippen LogP contribution in [0, 0.1) is 0 Å². The van der Waals surface area contributed by atoms with Gasteiger partial charge in [0.05, 0.1) is 10.9 Å². The van der Waals surface area contributed by atoms with E-state index < -0.39 is 10.0 Å². The number of rotatable bonds is 6. The van der Waals surface area contributed by atoms with E-state index in [2.05, 4.69) is 10.6 Å². The third kappa shape index (κ3) is 5.72. The highest BCUT2D eigenvalue weighted by molar-refractivity contribution is 7.89. The number of hydrogen-bond donors (Lipinski definition) is 2. The summed E-state index contributed by atoms with van der Waals surface area (Å²) in [5.74, 6) is 0. The number of sulfonamides is 1. The molecule has 0 bridgehead atoms. The van der Waals surface area contributed by atoms with Crippen molar-refractivity contribution in [2.24, 2.45) is 0 Å². The minimum atomic E-state index is -3.44. The van der Waals surface area contributed by atoms with Crippen LogP contribution in [0.4, 0.5) is 4.79 Å². The molecular formula is C21H26ClN3O3S. The second-order valence-corrected chi connectivity index (χ2v) is 9.59. The first kappa shape index (κ1) is 21.6. The molecule has 0 unspecified atom stereocenters. The number of nitrogens with one attached hydrogen (secondary N) is 2. The van der Waals surface area contributed by atoms with Crippen LogP contribution in [0.1, 0.15) is 43.4 Å². The van der Waals surface area contributed by atoms with Crippen molar-refractivity contribution < 1.29 is 13.2 Å². The highest BCUT2D eigenvalue weighted by Crippen LogP contribution is 2.21. The standard InChI is InChI=1S/C21H26ClN3O3S/c1-16(18-6-5-7-19(22)14-18)24-21(26)23-15-17-8-10-20(11-9-17)29(27,28)25-12-3-2-4-13-25/h5-11,14,16H,2-4,12-13,15H2,1H3,(H2,23,24,26)/t16-/m1/s1. The molecule has 1 fully saturated rings. The maximum atomic E-state index is 12.7. The molecule has 0 aromatic heterocycles. The number of carbonyl (C=O) groups excluding carboxylic acids is 1. The third-order valence-corrected chi connectivity index (χ3v) is 7.17. The smallest absolute Gasteiger partial charge is 0.315 e. The van der Waals surface area contributed by atoms with Crippen molar-refractivity contribution in [1.82, 2.24) is 14.9 Å². The largest absolute Gasteiger partial charge is 0.334 e. The molecule has 6 nitrogen and oxygen atoms in total. The summed E-state index contributed by atoms with van der Waals surface area (Å²) in [5, 5.41) is 6.28. The second-order valence-electron chi connectivity index (χ2n) is 7.21. The van der Waals surface area contributed by atoms with Gasteiger partial charge in [0.25, 0.3) is 0 Å². The van der Waals surface area contributed by atoms with Gasteiger partial charge in [-0.2, -0.15) is 4.31 Å². The van der Waals surface area contributed by atoms with Crippen LogP contribution in [0.3, 0.4) is 0 Å². The number of hydrogen-bond acceptors (Lipinski definition) is 3. The van der Waals surface area contributed by atoms with E-state index in [0.717, 1.165) is 30.4 Å². The van der Waals surface area contributed by atoms with E-state index in [1.807, 2.05) is 25.1 Å². The highest BCUT2D eigenvalue weighted by Gasteiger charge is 2.25. The molecule has 1 saturated heterocycles. The molecule has 2 aromatic rings. The molecule has 0 saturated carbocycles. The van der Waals surface area contributed by atoms with E-state index in [0.29, 0.717) is 29.6 Å². The average molecular weight is 436 g/mol. The molecular weight excluding hydrogens is 410 g/mol. The maximum Gasteiger partial charge on any atom is 0.315 e. The Morgan fingerprint density at radius 3 is 2.45 bits per heavy atom. The zero-order valence-corrected chi connectivity index (χ0v) is 18.0. The molecule has 2 amide bonds. The zero-order valence-electron chi connectivity index (χ0n) is 16.4. The fraction of sp³-hybridized carbons (Fsp3) is 0.381. The maximum absolute atomic E-state index is 12.7. The van der Waals surface area contributed by atoms with Crippen LogP contribution in [0.2, 0.25) is 5.02 Å². The molecule has 1 aliphatic heterocycles. The fourth-order valence-corrected chi connectivity index (χ4v) is 5.04. The van der Waals surface area contributed by atoms with Crippen LogP contribution in [-0.4, -0.2) is 31.8 Å². The topological polar surface area (TPSA) is 78.5 Å². The Kier molecular flexibility index (Phi) is 7.16. The summed E-state index contributed by atoms with van der Waals surface area (Å²) < 4.78 is 26.9. The summed E-state index contributed by atoms with van der Waals surface area (Å²) in [6.45, 7) is 3.34. The predicted octanol–water partition coefficient (Wildman–Crippen LogP) is 4.08. The first-order valence-corrected chi connectivity index (χ1v) is 11.6. The molecule has 8 heteroatoms. The molecule has 1 heterocycles. The number of nitrogens with zero attached hydrogens (tertiary/aromatic N) is 1. The van der Waals surface area contributed by atoms with Gasteiger partial charge < -0.3 is 10.6 Å². The van der Waals surface area contributed by atoms with Gasteiger partial charge in [-0.05, 0) is 55.2 Å². The Hall–Kier alpha value is -2.09. The summed E-state index contributed by atoms with van der Waals surface area (Å²) in [6, 6.07) is 13.5. The molecule has 2 N–H and O–H groups in total. The van der Waals surface area contributed by atoms with Gasteiger partial charge in [0.1, 0.15) is 0 Å². The fourth-order valence-electron chi connectivity index (χ4n) is 3.32. The van der Waals surface area contributed by atoms with E-state index >= 15 is 0 Å². The Morgan fingerprint density at radius 1 is 1.10 bits per heavy atom. The van der Waals surface area contributed by atoms with Crippen molar-refractivity contribution >= 4 is 27.7 Å². The molecule has 1 atom stereocenters. The lowest BCUT2D eigenvalue weighted by atomic mass is 10.1. The Morgan fingerprint density at radius 2 is 1.79 bits per heavy atom. The molecule has 1 aliphatic rings. The van der Waals surface area contributed by atoms with Crippen molar-refractivity contribution in [2.45, 2.75) is 43.7 Å². The lowest BCUT2D eigenvalue weighted by molar-refractivity contribution is 0.237. The summed E-state index contributed by atoms with van der Waals surface area (Å²) in [6.07, 6.45) is 2.89. The summed E-state index contributed by atoms with van der Waals surface area (Å²) in [7, 11) is -3.44. The quantitative estimate of drug-likeness (QED) is 0.717. The highest BCUT2D eigenvalue weighted by atomic mass is 35.5. The minimum absolute atomic E-state index is 0.189. The first-order valence-electron chi connectivity index (χ1n) is 9.75. The van der Waals surface area contributed by atoms with Gasteiger partial charge in [0.2, 0.25) is 10.0 Å². The van der Waals surface area contributed by atoms with E-state index in [9.17, 15) is 13.2 Å².